The quantitative estimate of drug-likeness (QED) is 0.446. The predicted octanol–water partition coefficient (Wildman–Crippen LogP) is 5.04. The molecule has 0 unspecified atom stereocenters. The zero-order chi connectivity index (χ0) is 19.1. The van der Waals surface area contributed by atoms with Crippen LogP contribution in [0.5, 0.6) is 5.75 Å². The van der Waals surface area contributed by atoms with Crippen LogP contribution in [0.25, 0.3) is 11.1 Å². The fourth-order valence-electron chi connectivity index (χ4n) is 2.48. The summed E-state index contributed by atoms with van der Waals surface area (Å²) in [4.78, 5) is 11.9. The van der Waals surface area contributed by atoms with Gasteiger partial charge in [-0.3, -0.25) is 4.79 Å². The molecule has 3 aromatic rings. The molecule has 1 N–H and O–H groups in total. The smallest absolute Gasteiger partial charge is 0.277 e. The van der Waals surface area contributed by atoms with E-state index in [1.54, 1.807) is 12.1 Å². The van der Waals surface area contributed by atoms with Gasteiger partial charge in [-0.1, -0.05) is 76.6 Å². The van der Waals surface area contributed by atoms with Gasteiger partial charge in [-0.25, -0.2) is 5.43 Å². The standard InChI is InChI=1S/C22H19BrN2O2/c1-16(17-10-12-19(13-11-17)18-6-3-2-4-7-18)24-25-22(26)15-27-21-9-5-8-20(23)14-21/h2-14H,15H2,1H3,(H,25,26)/b24-16-. The molecule has 0 aliphatic rings. The monoisotopic (exact) mass is 422 g/mol. The normalized spacial score (nSPS) is 11.1. The number of carbonyl (C=O) groups is 1. The molecule has 27 heavy (non-hydrogen) atoms. The highest BCUT2D eigenvalue weighted by molar-refractivity contribution is 9.10. The van der Waals surface area contributed by atoms with Crippen LogP contribution >= 0.6 is 15.9 Å². The van der Waals surface area contributed by atoms with Crippen molar-refractivity contribution < 1.29 is 9.53 Å². The first kappa shape index (κ1) is 18.9. The summed E-state index contributed by atoms with van der Waals surface area (Å²) in [6.07, 6.45) is 0. The summed E-state index contributed by atoms with van der Waals surface area (Å²) in [5.41, 5.74) is 6.50. The Kier molecular flexibility index (Phi) is 6.39. The van der Waals surface area contributed by atoms with E-state index in [9.17, 15) is 4.79 Å². The lowest BCUT2D eigenvalue weighted by molar-refractivity contribution is -0.123. The lowest BCUT2D eigenvalue weighted by atomic mass is 10.0. The molecule has 5 heteroatoms. The van der Waals surface area contributed by atoms with Crippen molar-refractivity contribution in [1.29, 1.82) is 0 Å². The number of rotatable bonds is 6. The molecule has 0 aliphatic carbocycles. The van der Waals surface area contributed by atoms with E-state index in [1.807, 2.05) is 61.5 Å². The van der Waals surface area contributed by atoms with Crippen molar-refractivity contribution in [3.63, 3.8) is 0 Å². The van der Waals surface area contributed by atoms with Crippen molar-refractivity contribution in [2.45, 2.75) is 6.92 Å². The molecule has 0 aromatic heterocycles. The SMILES string of the molecule is C/C(=N/NC(=O)COc1cccc(Br)c1)c1ccc(-c2ccccc2)cc1. The molecule has 0 radical (unpaired) electrons. The van der Waals surface area contributed by atoms with Gasteiger partial charge in [-0.2, -0.15) is 5.10 Å². The zero-order valence-electron chi connectivity index (χ0n) is 14.9. The molecule has 0 atom stereocenters. The van der Waals surface area contributed by atoms with Crippen molar-refractivity contribution >= 4 is 27.5 Å². The number of amides is 1. The third-order valence-electron chi connectivity index (χ3n) is 3.92. The predicted molar refractivity (Wildman–Crippen MR) is 112 cm³/mol. The Bertz CT molecular complexity index is 938. The van der Waals surface area contributed by atoms with Crippen LogP contribution in [0.1, 0.15) is 12.5 Å². The third kappa shape index (κ3) is 5.53. The van der Waals surface area contributed by atoms with Crippen molar-refractivity contribution in [2.75, 3.05) is 6.61 Å². The largest absolute Gasteiger partial charge is 0.484 e. The lowest BCUT2D eigenvalue weighted by Gasteiger charge is -2.07. The molecule has 0 heterocycles. The summed E-state index contributed by atoms with van der Waals surface area (Å²) in [6.45, 7) is 1.76. The van der Waals surface area contributed by atoms with E-state index in [0.29, 0.717) is 5.75 Å². The molecule has 136 valence electrons. The summed E-state index contributed by atoms with van der Waals surface area (Å²) in [6, 6.07) is 25.6. The van der Waals surface area contributed by atoms with E-state index < -0.39 is 0 Å². The molecule has 3 rings (SSSR count). The minimum absolute atomic E-state index is 0.0970. The van der Waals surface area contributed by atoms with Gasteiger partial charge in [0.2, 0.25) is 0 Å². The zero-order valence-corrected chi connectivity index (χ0v) is 16.4. The molecule has 0 saturated carbocycles. The van der Waals surface area contributed by atoms with Crippen LogP contribution in [0.15, 0.2) is 88.4 Å². The Hall–Kier alpha value is -2.92. The van der Waals surface area contributed by atoms with Crippen molar-refractivity contribution in [3.8, 4) is 16.9 Å². The number of nitrogens with zero attached hydrogens (tertiary/aromatic N) is 1. The summed E-state index contributed by atoms with van der Waals surface area (Å²) in [5.74, 6) is 0.312. The highest BCUT2D eigenvalue weighted by Gasteiger charge is 2.04. The second-order valence-electron chi connectivity index (χ2n) is 5.92. The van der Waals surface area contributed by atoms with Crippen molar-refractivity contribution in [1.82, 2.24) is 5.43 Å². The summed E-state index contributed by atoms with van der Waals surface area (Å²) < 4.78 is 6.34. The van der Waals surface area contributed by atoms with Gasteiger partial charge in [-0.05, 0) is 41.8 Å². The summed E-state index contributed by atoms with van der Waals surface area (Å²) in [5, 5.41) is 4.15. The second kappa shape index (κ2) is 9.14. The maximum absolute atomic E-state index is 11.9. The van der Waals surface area contributed by atoms with Crippen LogP contribution in [0.3, 0.4) is 0 Å². The first-order chi connectivity index (χ1) is 13.1. The number of hydrogen-bond acceptors (Lipinski definition) is 3. The van der Waals surface area contributed by atoms with Gasteiger partial charge >= 0.3 is 0 Å². The van der Waals surface area contributed by atoms with Gasteiger partial charge in [0.05, 0.1) is 5.71 Å². The summed E-state index contributed by atoms with van der Waals surface area (Å²) in [7, 11) is 0. The van der Waals surface area contributed by atoms with Crippen LogP contribution in [0.4, 0.5) is 0 Å². The van der Waals surface area contributed by atoms with Crippen LogP contribution in [0.2, 0.25) is 0 Å². The fraction of sp³-hybridized carbons (Fsp3) is 0.0909. The van der Waals surface area contributed by atoms with Gasteiger partial charge in [0.1, 0.15) is 5.75 Å². The van der Waals surface area contributed by atoms with E-state index in [0.717, 1.165) is 26.9 Å². The third-order valence-corrected chi connectivity index (χ3v) is 4.42. The topological polar surface area (TPSA) is 50.7 Å². The first-order valence-corrected chi connectivity index (χ1v) is 9.28. The Labute approximate surface area is 167 Å². The molecule has 1 amide bonds. The Morgan fingerprint density at radius 3 is 2.37 bits per heavy atom. The van der Waals surface area contributed by atoms with Crippen LogP contribution in [0, 0.1) is 0 Å². The van der Waals surface area contributed by atoms with Gasteiger partial charge in [0.25, 0.3) is 5.91 Å². The van der Waals surface area contributed by atoms with E-state index in [1.165, 1.54) is 0 Å². The van der Waals surface area contributed by atoms with Crippen LogP contribution in [-0.4, -0.2) is 18.2 Å². The van der Waals surface area contributed by atoms with Gasteiger partial charge in [0, 0.05) is 4.47 Å². The molecule has 0 spiro atoms. The van der Waals surface area contributed by atoms with Gasteiger partial charge < -0.3 is 4.74 Å². The van der Waals surface area contributed by atoms with E-state index in [-0.39, 0.29) is 12.5 Å². The van der Waals surface area contributed by atoms with Gasteiger partial charge in [-0.15, -0.1) is 0 Å². The average molecular weight is 423 g/mol. The number of benzene rings is 3. The molecule has 4 nitrogen and oxygen atoms in total. The molecule has 3 aromatic carbocycles. The number of carbonyl (C=O) groups excluding carboxylic acids is 1. The molecular formula is C22H19BrN2O2. The maximum atomic E-state index is 11.9. The number of halogens is 1. The minimum Gasteiger partial charge on any atom is -0.484 e. The second-order valence-corrected chi connectivity index (χ2v) is 6.84. The van der Waals surface area contributed by atoms with E-state index >= 15 is 0 Å². The Morgan fingerprint density at radius 1 is 0.963 bits per heavy atom. The minimum atomic E-state index is -0.310. The fourth-order valence-corrected chi connectivity index (χ4v) is 2.86. The molecule has 0 saturated heterocycles. The number of hydrogen-bond donors (Lipinski definition) is 1. The molecule has 0 bridgehead atoms. The van der Waals surface area contributed by atoms with Crippen molar-refractivity contribution in [3.05, 3.63) is 88.9 Å². The number of ether oxygens (including phenoxy) is 1. The van der Waals surface area contributed by atoms with Crippen molar-refractivity contribution in [2.24, 2.45) is 5.10 Å². The van der Waals surface area contributed by atoms with E-state index in [4.69, 9.17) is 4.74 Å². The Balaban J connectivity index is 1.56. The van der Waals surface area contributed by atoms with Crippen LogP contribution in [-0.2, 0) is 4.79 Å². The maximum Gasteiger partial charge on any atom is 0.277 e. The number of hydrazone groups is 1. The molecular weight excluding hydrogens is 404 g/mol. The lowest BCUT2D eigenvalue weighted by Crippen LogP contribution is -2.25. The van der Waals surface area contributed by atoms with Crippen LogP contribution < -0.4 is 10.2 Å². The first-order valence-electron chi connectivity index (χ1n) is 8.49. The average Bonchev–Trinajstić information content (AvgIpc) is 2.71. The highest BCUT2D eigenvalue weighted by atomic mass is 79.9. The summed E-state index contributed by atoms with van der Waals surface area (Å²) >= 11 is 3.36. The van der Waals surface area contributed by atoms with Gasteiger partial charge in [0.15, 0.2) is 6.61 Å². The molecule has 0 fully saturated rings. The number of nitrogens with one attached hydrogen (secondary N) is 1. The van der Waals surface area contributed by atoms with E-state index in [2.05, 4.69) is 38.6 Å². The highest BCUT2D eigenvalue weighted by Crippen LogP contribution is 2.19. The molecule has 0 aliphatic heterocycles. The Morgan fingerprint density at radius 2 is 1.67 bits per heavy atom.